The zero-order valence-electron chi connectivity index (χ0n) is 11.1. The van der Waals surface area contributed by atoms with Crippen molar-refractivity contribution in [3.63, 3.8) is 0 Å². The summed E-state index contributed by atoms with van der Waals surface area (Å²) in [4.78, 5) is 25.6. The van der Waals surface area contributed by atoms with Crippen molar-refractivity contribution in [2.45, 2.75) is 27.7 Å². The van der Waals surface area contributed by atoms with Crippen LogP contribution in [0, 0.1) is 27.7 Å². The van der Waals surface area contributed by atoms with Crippen molar-refractivity contribution < 1.29 is 14.7 Å². The lowest BCUT2D eigenvalue weighted by Crippen LogP contribution is -2.32. The molecule has 1 N–H and O–H groups in total. The maximum Gasteiger partial charge on any atom is 0.261 e. The third-order valence-electron chi connectivity index (χ3n) is 3.93. The van der Waals surface area contributed by atoms with Crippen LogP contribution in [0.15, 0.2) is 0 Å². The molecule has 96 valence electrons. The minimum absolute atomic E-state index is 0.0589. The number of fused-ring (bicyclic) bond motifs is 1. The van der Waals surface area contributed by atoms with Gasteiger partial charge in [0.15, 0.2) is 0 Å². The summed E-state index contributed by atoms with van der Waals surface area (Å²) in [6.07, 6.45) is 0. The highest BCUT2D eigenvalue weighted by atomic mass is 16.3. The van der Waals surface area contributed by atoms with E-state index in [0.29, 0.717) is 11.1 Å². The molecule has 0 unspecified atom stereocenters. The van der Waals surface area contributed by atoms with Crippen LogP contribution >= 0.6 is 0 Å². The molecule has 1 heterocycles. The number of β-amino-alcohol motifs (C(OH)–C–C–N with tert-alkyl or cyclic N) is 1. The van der Waals surface area contributed by atoms with Gasteiger partial charge in [0, 0.05) is 0 Å². The SMILES string of the molecule is Cc1c(C)c(C)c2c(c1C)C(=O)N(CCO)C2=O. The summed E-state index contributed by atoms with van der Waals surface area (Å²) in [7, 11) is 0. The molecule has 0 saturated heterocycles. The van der Waals surface area contributed by atoms with Gasteiger partial charge in [-0.15, -0.1) is 0 Å². The number of carbonyl (C=O) groups is 2. The van der Waals surface area contributed by atoms with Crippen molar-refractivity contribution in [1.29, 1.82) is 0 Å². The molecule has 0 fully saturated rings. The van der Waals surface area contributed by atoms with E-state index in [2.05, 4.69) is 0 Å². The van der Waals surface area contributed by atoms with E-state index in [1.807, 2.05) is 27.7 Å². The third kappa shape index (κ3) is 1.49. The Morgan fingerprint density at radius 1 is 0.833 bits per heavy atom. The van der Waals surface area contributed by atoms with Crippen LogP contribution in [0.5, 0.6) is 0 Å². The monoisotopic (exact) mass is 247 g/mol. The predicted octanol–water partition coefficient (Wildman–Crippen LogP) is 1.51. The fourth-order valence-electron chi connectivity index (χ4n) is 2.51. The maximum absolute atomic E-state index is 12.2. The van der Waals surface area contributed by atoms with Crippen molar-refractivity contribution in [1.82, 2.24) is 4.90 Å². The van der Waals surface area contributed by atoms with Crippen LogP contribution in [0.4, 0.5) is 0 Å². The van der Waals surface area contributed by atoms with E-state index in [0.717, 1.165) is 27.2 Å². The van der Waals surface area contributed by atoms with Gasteiger partial charge in [-0.05, 0) is 49.9 Å². The second-order valence-electron chi connectivity index (χ2n) is 4.74. The molecule has 2 rings (SSSR count). The minimum Gasteiger partial charge on any atom is -0.395 e. The normalized spacial score (nSPS) is 14.4. The molecular weight excluding hydrogens is 230 g/mol. The zero-order valence-corrected chi connectivity index (χ0v) is 11.1. The van der Waals surface area contributed by atoms with Gasteiger partial charge in [-0.25, -0.2) is 0 Å². The lowest BCUT2D eigenvalue weighted by molar-refractivity contribution is 0.0623. The Labute approximate surface area is 106 Å². The molecule has 0 radical (unpaired) electrons. The Balaban J connectivity index is 2.72. The second-order valence-corrected chi connectivity index (χ2v) is 4.74. The number of rotatable bonds is 2. The summed E-state index contributed by atoms with van der Waals surface area (Å²) in [5.41, 5.74) is 4.86. The van der Waals surface area contributed by atoms with Gasteiger partial charge in [0.25, 0.3) is 11.8 Å². The first-order valence-electron chi connectivity index (χ1n) is 5.99. The number of hydrogen-bond donors (Lipinski definition) is 1. The van der Waals surface area contributed by atoms with Crippen LogP contribution in [-0.2, 0) is 0 Å². The molecule has 4 heteroatoms. The Bertz CT molecular complexity index is 514. The van der Waals surface area contributed by atoms with Gasteiger partial charge in [0.05, 0.1) is 24.3 Å². The topological polar surface area (TPSA) is 57.6 Å². The average Bonchev–Trinajstić information content (AvgIpc) is 2.59. The summed E-state index contributed by atoms with van der Waals surface area (Å²) < 4.78 is 0. The standard InChI is InChI=1S/C14H17NO3/c1-7-8(2)10(4)12-11(9(7)3)13(17)15(5-6-16)14(12)18/h16H,5-6H2,1-4H3. The van der Waals surface area contributed by atoms with E-state index in [-0.39, 0.29) is 25.0 Å². The van der Waals surface area contributed by atoms with Gasteiger partial charge in [-0.2, -0.15) is 0 Å². The third-order valence-corrected chi connectivity index (χ3v) is 3.93. The minimum atomic E-state index is -0.284. The molecule has 1 aromatic carbocycles. The highest BCUT2D eigenvalue weighted by Gasteiger charge is 2.38. The number of imide groups is 1. The molecule has 1 aliphatic rings. The molecule has 4 nitrogen and oxygen atoms in total. The van der Waals surface area contributed by atoms with Crippen LogP contribution < -0.4 is 0 Å². The number of benzene rings is 1. The fourth-order valence-corrected chi connectivity index (χ4v) is 2.51. The highest BCUT2D eigenvalue weighted by Crippen LogP contribution is 2.33. The van der Waals surface area contributed by atoms with E-state index >= 15 is 0 Å². The number of nitrogens with zero attached hydrogens (tertiary/aromatic N) is 1. The number of aliphatic hydroxyl groups excluding tert-OH is 1. The molecule has 0 aromatic heterocycles. The number of hydrogen-bond acceptors (Lipinski definition) is 3. The van der Waals surface area contributed by atoms with Crippen molar-refractivity contribution in [2.24, 2.45) is 0 Å². The number of aliphatic hydroxyl groups is 1. The lowest BCUT2D eigenvalue weighted by atomic mass is 9.90. The second kappa shape index (κ2) is 4.21. The van der Waals surface area contributed by atoms with E-state index < -0.39 is 0 Å². The van der Waals surface area contributed by atoms with Crippen molar-refractivity contribution in [3.05, 3.63) is 33.4 Å². The Morgan fingerprint density at radius 3 is 1.56 bits per heavy atom. The maximum atomic E-state index is 12.2. The van der Waals surface area contributed by atoms with Crippen LogP contribution in [-0.4, -0.2) is 35.0 Å². The number of carbonyl (C=O) groups excluding carboxylic acids is 2. The first kappa shape index (κ1) is 12.8. The summed E-state index contributed by atoms with van der Waals surface area (Å²) in [6, 6.07) is 0. The summed E-state index contributed by atoms with van der Waals surface area (Å²) in [5, 5.41) is 8.94. The molecule has 1 aliphatic heterocycles. The summed E-state index contributed by atoms with van der Waals surface area (Å²) >= 11 is 0. The Kier molecular flexibility index (Phi) is 2.99. The van der Waals surface area contributed by atoms with Crippen molar-refractivity contribution in [2.75, 3.05) is 13.2 Å². The Morgan fingerprint density at radius 2 is 1.22 bits per heavy atom. The van der Waals surface area contributed by atoms with Crippen molar-refractivity contribution >= 4 is 11.8 Å². The van der Waals surface area contributed by atoms with E-state index in [1.165, 1.54) is 0 Å². The molecule has 0 spiro atoms. The smallest absolute Gasteiger partial charge is 0.261 e. The quantitative estimate of drug-likeness (QED) is 0.806. The predicted molar refractivity (Wildman–Crippen MR) is 67.8 cm³/mol. The fraction of sp³-hybridized carbons (Fsp3) is 0.429. The van der Waals surface area contributed by atoms with Gasteiger partial charge < -0.3 is 5.11 Å². The van der Waals surface area contributed by atoms with Crippen molar-refractivity contribution in [3.8, 4) is 0 Å². The molecule has 2 amide bonds. The van der Waals surface area contributed by atoms with Crippen LogP contribution in [0.1, 0.15) is 43.0 Å². The van der Waals surface area contributed by atoms with Crippen LogP contribution in [0.2, 0.25) is 0 Å². The number of amides is 2. The van der Waals surface area contributed by atoms with E-state index in [4.69, 9.17) is 5.11 Å². The van der Waals surface area contributed by atoms with Gasteiger partial charge in [-0.3, -0.25) is 14.5 Å². The van der Waals surface area contributed by atoms with Crippen LogP contribution in [0.3, 0.4) is 0 Å². The zero-order chi connectivity index (χ0) is 13.6. The van der Waals surface area contributed by atoms with E-state index in [9.17, 15) is 9.59 Å². The molecule has 0 saturated carbocycles. The van der Waals surface area contributed by atoms with Gasteiger partial charge in [0.2, 0.25) is 0 Å². The van der Waals surface area contributed by atoms with Crippen LogP contribution in [0.25, 0.3) is 0 Å². The molecule has 18 heavy (non-hydrogen) atoms. The first-order chi connectivity index (χ1) is 8.41. The molecule has 0 aliphatic carbocycles. The molecule has 0 atom stereocenters. The average molecular weight is 247 g/mol. The summed E-state index contributed by atoms with van der Waals surface area (Å²) in [6.45, 7) is 7.52. The molecular formula is C14H17NO3. The highest BCUT2D eigenvalue weighted by molar-refractivity contribution is 6.23. The van der Waals surface area contributed by atoms with E-state index in [1.54, 1.807) is 0 Å². The van der Waals surface area contributed by atoms with Gasteiger partial charge >= 0.3 is 0 Å². The lowest BCUT2D eigenvalue weighted by Gasteiger charge is -2.12. The first-order valence-corrected chi connectivity index (χ1v) is 5.99. The molecule has 1 aromatic rings. The summed E-state index contributed by atoms with van der Waals surface area (Å²) in [5.74, 6) is -0.569. The molecule has 0 bridgehead atoms. The van der Waals surface area contributed by atoms with Gasteiger partial charge in [-0.1, -0.05) is 0 Å². The largest absolute Gasteiger partial charge is 0.395 e. The Hall–Kier alpha value is -1.68. The van der Waals surface area contributed by atoms with Gasteiger partial charge in [0.1, 0.15) is 0 Å².